The van der Waals surface area contributed by atoms with Crippen molar-refractivity contribution in [2.45, 2.75) is 59.5 Å². The molecular weight excluding hydrogens is 360 g/mol. The number of amides is 3. The van der Waals surface area contributed by atoms with Crippen molar-refractivity contribution in [3.8, 4) is 5.75 Å². The van der Waals surface area contributed by atoms with Gasteiger partial charge in [0.1, 0.15) is 11.3 Å². The summed E-state index contributed by atoms with van der Waals surface area (Å²) in [4.78, 5) is 37.7. The first-order valence-electron chi connectivity index (χ1n) is 9.55. The Balaban J connectivity index is 2.16. The number of rotatable bonds is 7. The van der Waals surface area contributed by atoms with Gasteiger partial charge >= 0.3 is 11.7 Å². The molecule has 0 fully saturated rings. The van der Waals surface area contributed by atoms with E-state index in [9.17, 15) is 14.4 Å². The second kappa shape index (κ2) is 9.39. The number of benzene rings is 1. The minimum atomic E-state index is -0.452. The predicted molar refractivity (Wildman–Crippen MR) is 108 cm³/mol. The third-order valence-corrected chi connectivity index (χ3v) is 4.10. The number of hydrogen-bond donors (Lipinski definition) is 1. The number of urea groups is 1. The summed E-state index contributed by atoms with van der Waals surface area (Å²) in [6.07, 6.45) is 1.68. The minimum Gasteiger partial charge on any atom is -0.484 e. The van der Waals surface area contributed by atoms with Gasteiger partial charge in [-0.05, 0) is 51.8 Å². The topological polar surface area (TPSA) is 88.8 Å². The first-order valence-corrected chi connectivity index (χ1v) is 9.55. The van der Waals surface area contributed by atoms with Gasteiger partial charge < -0.3 is 14.5 Å². The molecule has 0 aliphatic carbocycles. The van der Waals surface area contributed by atoms with E-state index < -0.39 is 17.6 Å². The largest absolute Gasteiger partial charge is 0.484 e. The second-order valence-corrected chi connectivity index (χ2v) is 7.25. The normalized spacial score (nSPS) is 11.1. The zero-order chi connectivity index (χ0) is 20.8. The van der Waals surface area contributed by atoms with E-state index >= 15 is 0 Å². The van der Waals surface area contributed by atoms with Crippen LogP contribution in [0.3, 0.4) is 0 Å². The molecule has 0 bridgehead atoms. The lowest BCUT2D eigenvalue weighted by atomic mass is 10.1. The van der Waals surface area contributed by atoms with Crippen LogP contribution in [0, 0.1) is 0 Å². The summed E-state index contributed by atoms with van der Waals surface area (Å²) in [5.74, 6) is -0.0555. The van der Waals surface area contributed by atoms with Crippen LogP contribution >= 0.6 is 0 Å². The molecule has 0 unspecified atom stereocenters. The summed E-state index contributed by atoms with van der Waals surface area (Å²) in [5.41, 5.74) is 0.924. The van der Waals surface area contributed by atoms with Crippen molar-refractivity contribution in [2.75, 3.05) is 6.61 Å². The first-order chi connectivity index (χ1) is 13.2. The number of ether oxygens (including phenoxy) is 1. The highest BCUT2D eigenvalue weighted by atomic mass is 16.5. The van der Waals surface area contributed by atoms with Gasteiger partial charge in [-0.15, -0.1) is 0 Å². The molecule has 0 radical (unpaired) electrons. The van der Waals surface area contributed by atoms with Crippen LogP contribution in [0.15, 0.2) is 33.5 Å². The maximum atomic E-state index is 12.5. The Bertz CT molecular complexity index is 901. The van der Waals surface area contributed by atoms with Crippen LogP contribution in [-0.4, -0.2) is 35.5 Å². The molecule has 0 aliphatic rings. The van der Waals surface area contributed by atoms with Crippen LogP contribution in [0.2, 0.25) is 0 Å². The molecule has 7 nitrogen and oxygen atoms in total. The van der Waals surface area contributed by atoms with Crippen LogP contribution in [0.5, 0.6) is 5.75 Å². The Kier molecular flexibility index (Phi) is 7.20. The molecule has 1 aromatic carbocycles. The molecule has 1 N–H and O–H groups in total. The summed E-state index contributed by atoms with van der Waals surface area (Å²) in [6, 6.07) is 5.80. The highest BCUT2D eigenvalue weighted by molar-refractivity contribution is 5.95. The molecule has 152 valence electrons. The smallest absolute Gasteiger partial charge is 0.336 e. The number of carbonyl (C=O) groups excluding carboxylic acids is 2. The third kappa shape index (κ3) is 5.34. The molecule has 1 heterocycles. The van der Waals surface area contributed by atoms with Crippen molar-refractivity contribution < 1.29 is 18.7 Å². The summed E-state index contributed by atoms with van der Waals surface area (Å²) < 4.78 is 10.8. The van der Waals surface area contributed by atoms with Gasteiger partial charge in [-0.2, -0.15) is 0 Å². The lowest BCUT2D eigenvalue weighted by Crippen LogP contribution is -2.50. The molecule has 0 saturated heterocycles. The fraction of sp³-hybridized carbons (Fsp3) is 0.476. The molecule has 7 heteroatoms. The molecular formula is C21H28N2O5. The lowest BCUT2D eigenvalue weighted by molar-refractivity contribution is -0.131. The average Bonchev–Trinajstić information content (AvgIpc) is 2.58. The highest BCUT2D eigenvalue weighted by Crippen LogP contribution is 2.23. The molecule has 0 spiro atoms. The number of nitrogens with zero attached hydrogens (tertiary/aromatic N) is 1. The van der Waals surface area contributed by atoms with E-state index in [4.69, 9.17) is 9.15 Å². The molecule has 0 atom stereocenters. The number of fused-ring (bicyclic) bond motifs is 1. The van der Waals surface area contributed by atoms with Crippen molar-refractivity contribution in [3.63, 3.8) is 0 Å². The standard InChI is InChI=1S/C21H28N2O5/c1-6-7-15-10-20(25)28-18-11-16(8-9-17(15)18)27-12-19(24)23(14(4)5)21(26)22-13(2)3/h8-11,13-14H,6-7,12H2,1-5H3,(H,22,26). The van der Waals surface area contributed by atoms with Crippen molar-refractivity contribution in [2.24, 2.45) is 0 Å². The number of hydrogen-bond acceptors (Lipinski definition) is 5. The molecule has 0 aliphatic heterocycles. The van der Waals surface area contributed by atoms with E-state index in [0.717, 1.165) is 28.7 Å². The van der Waals surface area contributed by atoms with Gasteiger partial charge in [0.25, 0.3) is 5.91 Å². The third-order valence-electron chi connectivity index (χ3n) is 4.10. The van der Waals surface area contributed by atoms with Crippen LogP contribution in [-0.2, 0) is 11.2 Å². The van der Waals surface area contributed by atoms with Gasteiger partial charge in [0.05, 0.1) is 0 Å². The zero-order valence-electron chi connectivity index (χ0n) is 17.1. The van der Waals surface area contributed by atoms with Crippen LogP contribution in [0.1, 0.15) is 46.6 Å². The van der Waals surface area contributed by atoms with Gasteiger partial charge in [0.15, 0.2) is 6.61 Å². The summed E-state index contributed by atoms with van der Waals surface area (Å²) in [7, 11) is 0. The van der Waals surface area contributed by atoms with Crippen LogP contribution in [0.4, 0.5) is 4.79 Å². The molecule has 28 heavy (non-hydrogen) atoms. The van der Waals surface area contributed by atoms with E-state index in [0.29, 0.717) is 11.3 Å². The summed E-state index contributed by atoms with van der Waals surface area (Å²) >= 11 is 0. The average molecular weight is 388 g/mol. The maximum absolute atomic E-state index is 12.5. The van der Waals surface area contributed by atoms with Gasteiger partial charge in [-0.3, -0.25) is 9.69 Å². The molecule has 1 aromatic heterocycles. The van der Waals surface area contributed by atoms with Crippen molar-refractivity contribution in [1.82, 2.24) is 10.2 Å². The van der Waals surface area contributed by atoms with Gasteiger partial charge in [0.2, 0.25) is 0 Å². The number of carbonyl (C=O) groups is 2. The van der Waals surface area contributed by atoms with Gasteiger partial charge in [-0.25, -0.2) is 9.59 Å². The molecule has 2 rings (SSSR count). The van der Waals surface area contributed by atoms with Crippen LogP contribution < -0.4 is 15.7 Å². The Morgan fingerprint density at radius 2 is 1.89 bits per heavy atom. The maximum Gasteiger partial charge on any atom is 0.336 e. The fourth-order valence-electron chi connectivity index (χ4n) is 2.94. The van der Waals surface area contributed by atoms with Gasteiger partial charge in [-0.1, -0.05) is 13.3 Å². The van der Waals surface area contributed by atoms with E-state index in [2.05, 4.69) is 5.32 Å². The Morgan fingerprint density at radius 3 is 2.50 bits per heavy atom. The van der Waals surface area contributed by atoms with Crippen LogP contribution in [0.25, 0.3) is 11.0 Å². The number of imide groups is 1. The van der Waals surface area contributed by atoms with E-state index in [1.54, 1.807) is 26.0 Å². The number of aryl methyl sites for hydroxylation is 1. The first kappa shape index (κ1) is 21.5. The quantitative estimate of drug-likeness (QED) is 0.734. The van der Waals surface area contributed by atoms with Crippen molar-refractivity contribution in [1.29, 1.82) is 0 Å². The number of nitrogens with one attached hydrogen (secondary N) is 1. The van der Waals surface area contributed by atoms with Crippen molar-refractivity contribution >= 4 is 22.9 Å². The Morgan fingerprint density at radius 1 is 1.18 bits per heavy atom. The minimum absolute atomic E-state index is 0.0804. The SMILES string of the molecule is CCCc1cc(=O)oc2cc(OCC(=O)N(C(=O)NC(C)C)C(C)C)ccc12. The molecule has 0 saturated carbocycles. The van der Waals surface area contributed by atoms with E-state index in [1.165, 1.54) is 6.07 Å². The Hall–Kier alpha value is -2.83. The predicted octanol–water partition coefficient (Wildman–Crippen LogP) is 3.48. The molecule has 3 amide bonds. The zero-order valence-corrected chi connectivity index (χ0v) is 17.1. The van der Waals surface area contributed by atoms with Gasteiger partial charge in [0, 0.05) is 29.6 Å². The van der Waals surface area contributed by atoms with Crippen molar-refractivity contribution in [3.05, 3.63) is 40.2 Å². The summed E-state index contributed by atoms with van der Waals surface area (Å²) in [6.45, 7) is 8.92. The van der Waals surface area contributed by atoms with E-state index in [1.807, 2.05) is 26.8 Å². The summed E-state index contributed by atoms with van der Waals surface area (Å²) in [5, 5.41) is 3.56. The highest BCUT2D eigenvalue weighted by Gasteiger charge is 2.25. The fourth-order valence-corrected chi connectivity index (χ4v) is 2.94. The lowest BCUT2D eigenvalue weighted by Gasteiger charge is -2.26. The Labute approximate surface area is 164 Å². The second-order valence-electron chi connectivity index (χ2n) is 7.25. The van der Waals surface area contributed by atoms with E-state index in [-0.39, 0.29) is 18.7 Å². The molecule has 2 aromatic rings. The monoisotopic (exact) mass is 388 g/mol.